The quantitative estimate of drug-likeness (QED) is 0.323. The van der Waals surface area contributed by atoms with Gasteiger partial charge in [0.05, 0.1) is 5.70 Å². The van der Waals surface area contributed by atoms with E-state index in [-0.39, 0.29) is 17.7 Å². The fraction of sp³-hybridized carbons (Fsp3) is 0.694. The number of amides is 1. The van der Waals surface area contributed by atoms with Gasteiger partial charge in [0, 0.05) is 75.7 Å². The van der Waals surface area contributed by atoms with Crippen LogP contribution in [0, 0.1) is 5.41 Å². The number of piperazine rings is 1. The van der Waals surface area contributed by atoms with Crippen molar-refractivity contribution in [2.45, 2.75) is 83.9 Å². The number of carbonyl (C=O) groups is 1. The third kappa shape index (κ3) is 9.93. The molecule has 264 valence electrons. The van der Waals surface area contributed by atoms with E-state index in [1.165, 1.54) is 51.9 Å². The molecule has 1 unspecified atom stereocenters. The molecule has 11 heteroatoms. The Labute approximate surface area is 283 Å². The molecule has 3 saturated heterocycles. The molecule has 1 atom stereocenters. The summed E-state index contributed by atoms with van der Waals surface area (Å²) in [6, 6.07) is 8.24. The van der Waals surface area contributed by atoms with E-state index in [0.717, 1.165) is 51.6 Å². The Kier molecular flexibility index (Phi) is 12.4. The van der Waals surface area contributed by atoms with Gasteiger partial charge < -0.3 is 46.6 Å². The largest absolute Gasteiger partial charge is 0.507 e. The van der Waals surface area contributed by atoms with Crippen molar-refractivity contribution in [2.75, 3.05) is 73.0 Å². The summed E-state index contributed by atoms with van der Waals surface area (Å²) in [5.41, 5.74) is 19.9. The standard InChI is InChI=1S/C18H29N5O.C18H33N3O2/c1-3-23(12-13-7-6-10-22(13)2)16(18(20)21)11-15(19)14-8-4-5-9-17(14)24;1-17(2,3)23-16(22)21-7-5-18(6-8-21)13-15(14-18)20-11-9-19(4)10-12-20/h4-5,8-9,11,13,24H,3,6-7,10,12,19-21H2,1-2H3;15H,5-14H2,1-4H3/b15-11-;. The first kappa shape index (κ1) is 36.7. The summed E-state index contributed by atoms with van der Waals surface area (Å²) < 4.78 is 5.50. The van der Waals surface area contributed by atoms with Gasteiger partial charge in [-0.25, -0.2) is 4.79 Å². The molecule has 5 rings (SSSR count). The summed E-state index contributed by atoms with van der Waals surface area (Å²) in [5, 5.41) is 9.97. The molecule has 1 aliphatic carbocycles. The molecule has 11 nitrogen and oxygen atoms in total. The minimum Gasteiger partial charge on any atom is -0.507 e. The molecule has 1 aromatic rings. The van der Waals surface area contributed by atoms with Crippen molar-refractivity contribution in [3.8, 4) is 5.75 Å². The summed E-state index contributed by atoms with van der Waals surface area (Å²) in [7, 11) is 4.36. The lowest BCUT2D eigenvalue weighted by molar-refractivity contribution is -0.0566. The van der Waals surface area contributed by atoms with Crippen molar-refractivity contribution < 1.29 is 14.6 Å². The zero-order valence-corrected chi connectivity index (χ0v) is 29.9. The number of phenolic OH excluding ortho intramolecular Hbond substituents is 1. The van der Waals surface area contributed by atoms with Gasteiger partial charge in [-0.15, -0.1) is 0 Å². The summed E-state index contributed by atoms with van der Waals surface area (Å²) in [6.45, 7) is 17.2. The lowest BCUT2D eigenvalue weighted by atomic mass is 9.60. The van der Waals surface area contributed by atoms with E-state index < -0.39 is 5.60 Å². The van der Waals surface area contributed by atoms with Crippen molar-refractivity contribution in [3.63, 3.8) is 0 Å². The third-order valence-corrected chi connectivity index (χ3v) is 10.5. The van der Waals surface area contributed by atoms with Crippen LogP contribution in [0.3, 0.4) is 0 Å². The first-order valence-electron chi connectivity index (χ1n) is 17.6. The van der Waals surface area contributed by atoms with E-state index >= 15 is 0 Å². The van der Waals surface area contributed by atoms with Crippen LogP contribution < -0.4 is 17.2 Å². The first-order chi connectivity index (χ1) is 22.2. The Balaban J connectivity index is 0.000000213. The average Bonchev–Trinajstić information content (AvgIpc) is 3.41. The summed E-state index contributed by atoms with van der Waals surface area (Å²) in [6.07, 6.45) is 8.96. The second-order valence-electron chi connectivity index (χ2n) is 15.1. The van der Waals surface area contributed by atoms with Crippen molar-refractivity contribution in [3.05, 3.63) is 47.4 Å². The van der Waals surface area contributed by atoms with Crippen molar-refractivity contribution in [2.24, 2.45) is 22.6 Å². The van der Waals surface area contributed by atoms with E-state index in [1.54, 1.807) is 24.3 Å². The van der Waals surface area contributed by atoms with Gasteiger partial charge >= 0.3 is 6.09 Å². The molecular formula is C36H62N8O3. The van der Waals surface area contributed by atoms with Crippen LogP contribution in [0.15, 0.2) is 41.9 Å². The Morgan fingerprint density at radius 3 is 2.19 bits per heavy atom. The highest BCUT2D eigenvalue weighted by Gasteiger charge is 2.48. The van der Waals surface area contributed by atoms with Gasteiger partial charge in [0.2, 0.25) is 0 Å². The third-order valence-electron chi connectivity index (χ3n) is 10.5. The molecule has 1 spiro atoms. The fourth-order valence-corrected chi connectivity index (χ4v) is 7.45. The SMILES string of the molecule is CCN(CC1CCCN1C)C(/C=C(\N)c1ccccc1O)=C(N)N.CN1CCN(C2CC3(CCN(C(=O)OC(C)(C)C)CC3)C2)CC1. The van der Waals surface area contributed by atoms with Gasteiger partial charge in [-0.1, -0.05) is 12.1 Å². The molecule has 0 aromatic heterocycles. The number of likely N-dealkylation sites (N-methyl/N-ethyl adjacent to an activating group) is 3. The van der Waals surface area contributed by atoms with Gasteiger partial charge in [0.1, 0.15) is 17.2 Å². The molecule has 1 amide bonds. The zero-order valence-electron chi connectivity index (χ0n) is 29.9. The fourth-order valence-electron chi connectivity index (χ4n) is 7.45. The molecule has 0 radical (unpaired) electrons. The predicted molar refractivity (Wildman–Crippen MR) is 190 cm³/mol. The number of likely N-dealkylation sites (tertiary alicyclic amines) is 2. The smallest absolute Gasteiger partial charge is 0.410 e. The van der Waals surface area contributed by atoms with Crippen LogP contribution in [0.4, 0.5) is 4.79 Å². The molecular weight excluding hydrogens is 592 g/mol. The molecule has 4 aliphatic rings. The number of hydrogen-bond acceptors (Lipinski definition) is 10. The maximum atomic E-state index is 12.2. The van der Waals surface area contributed by atoms with Crippen LogP contribution in [0.25, 0.3) is 5.70 Å². The second kappa shape index (κ2) is 15.8. The van der Waals surface area contributed by atoms with E-state index in [9.17, 15) is 9.90 Å². The molecule has 1 saturated carbocycles. The summed E-state index contributed by atoms with van der Waals surface area (Å²) >= 11 is 0. The van der Waals surface area contributed by atoms with Crippen LogP contribution >= 0.6 is 0 Å². The number of allylic oxidation sites excluding steroid dienone is 1. The zero-order chi connectivity index (χ0) is 34.4. The maximum absolute atomic E-state index is 12.2. The monoisotopic (exact) mass is 654 g/mol. The number of para-hydroxylation sites is 1. The van der Waals surface area contributed by atoms with Crippen molar-refractivity contribution in [1.82, 2.24) is 24.5 Å². The van der Waals surface area contributed by atoms with Gasteiger partial charge in [0.15, 0.2) is 0 Å². The Morgan fingerprint density at radius 1 is 1.02 bits per heavy atom. The van der Waals surface area contributed by atoms with Gasteiger partial charge in [-0.2, -0.15) is 0 Å². The highest BCUT2D eigenvalue weighted by Crippen LogP contribution is 2.51. The topological polar surface area (TPSA) is 141 Å². The number of hydrogen-bond donors (Lipinski definition) is 4. The number of phenols is 1. The molecule has 3 aliphatic heterocycles. The number of benzene rings is 1. The lowest BCUT2D eigenvalue weighted by Crippen LogP contribution is -2.59. The maximum Gasteiger partial charge on any atom is 0.410 e. The molecule has 0 bridgehead atoms. The summed E-state index contributed by atoms with van der Waals surface area (Å²) in [5.74, 6) is 0.371. The normalized spacial score (nSPS) is 22.7. The van der Waals surface area contributed by atoms with Crippen molar-refractivity contribution >= 4 is 11.8 Å². The number of aromatic hydroxyl groups is 1. The van der Waals surface area contributed by atoms with Gasteiger partial charge in [0.25, 0.3) is 0 Å². The lowest BCUT2D eigenvalue weighted by Gasteiger charge is -2.56. The molecule has 3 heterocycles. The minimum atomic E-state index is -0.394. The molecule has 47 heavy (non-hydrogen) atoms. The Morgan fingerprint density at radius 2 is 1.66 bits per heavy atom. The second-order valence-corrected chi connectivity index (χ2v) is 15.1. The molecule has 1 aromatic carbocycles. The molecule has 4 fully saturated rings. The van der Waals surface area contributed by atoms with E-state index in [4.69, 9.17) is 21.9 Å². The number of piperidine rings is 1. The first-order valence-corrected chi connectivity index (χ1v) is 17.6. The number of nitrogens with zero attached hydrogens (tertiary/aromatic N) is 5. The Bertz CT molecular complexity index is 1230. The summed E-state index contributed by atoms with van der Waals surface area (Å²) in [4.78, 5) is 23.7. The van der Waals surface area contributed by atoms with E-state index in [0.29, 0.717) is 28.4 Å². The van der Waals surface area contributed by atoms with Gasteiger partial charge in [-0.3, -0.25) is 4.90 Å². The molecule has 7 N–H and O–H groups in total. The highest BCUT2D eigenvalue weighted by atomic mass is 16.6. The van der Waals surface area contributed by atoms with Gasteiger partial charge in [-0.05, 0) is 110 Å². The van der Waals surface area contributed by atoms with Crippen LogP contribution in [0.2, 0.25) is 0 Å². The Hall–Kier alpha value is -3.15. The van der Waals surface area contributed by atoms with Crippen LogP contribution in [0.5, 0.6) is 5.75 Å². The highest BCUT2D eigenvalue weighted by molar-refractivity contribution is 5.70. The van der Waals surface area contributed by atoms with E-state index in [2.05, 4.69) is 40.6 Å². The number of rotatable bonds is 7. The average molecular weight is 655 g/mol. The van der Waals surface area contributed by atoms with Crippen LogP contribution in [-0.2, 0) is 4.74 Å². The number of carbonyl (C=O) groups excluding carboxylic acids is 1. The predicted octanol–water partition coefficient (Wildman–Crippen LogP) is 3.61. The number of nitrogens with two attached hydrogens (primary N) is 3. The van der Waals surface area contributed by atoms with Crippen LogP contribution in [0.1, 0.15) is 71.8 Å². The van der Waals surface area contributed by atoms with Crippen LogP contribution in [-0.4, -0.2) is 126 Å². The minimum absolute atomic E-state index is 0.137. The van der Waals surface area contributed by atoms with E-state index in [1.807, 2.05) is 31.7 Å². The van der Waals surface area contributed by atoms with Crippen molar-refractivity contribution in [1.29, 1.82) is 0 Å². The number of ether oxygens (including phenoxy) is 1.